The van der Waals surface area contributed by atoms with Gasteiger partial charge in [0.05, 0.1) is 0 Å². The predicted octanol–water partition coefficient (Wildman–Crippen LogP) is 4.43. The lowest BCUT2D eigenvalue weighted by molar-refractivity contribution is 0.0314. The molecule has 2 heteroatoms. The summed E-state index contributed by atoms with van der Waals surface area (Å²) in [5, 5.41) is 0. The Morgan fingerprint density at radius 3 is 2.10 bits per heavy atom. The van der Waals surface area contributed by atoms with E-state index in [0.717, 1.165) is 24.9 Å². The molecule has 2 nitrogen and oxygen atoms in total. The van der Waals surface area contributed by atoms with E-state index in [1.807, 2.05) is 0 Å². The van der Waals surface area contributed by atoms with Crippen molar-refractivity contribution in [3.8, 4) is 0 Å². The fraction of sp³-hybridized carbons (Fsp3) is 1.00. The second-order valence-corrected chi connectivity index (χ2v) is 6.88. The van der Waals surface area contributed by atoms with E-state index in [4.69, 9.17) is 5.73 Å². The lowest BCUT2D eigenvalue weighted by Gasteiger charge is -2.48. The Morgan fingerprint density at radius 2 is 1.70 bits per heavy atom. The summed E-state index contributed by atoms with van der Waals surface area (Å²) in [6, 6.07) is 0. The third-order valence-electron chi connectivity index (χ3n) is 5.80. The van der Waals surface area contributed by atoms with Crippen LogP contribution < -0.4 is 5.73 Å². The van der Waals surface area contributed by atoms with Crippen molar-refractivity contribution >= 4 is 0 Å². The van der Waals surface area contributed by atoms with Crippen molar-refractivity contribution in [1.82, 2.24) is 4.90 Å². The lowest BCUT2D eigenvalue weighted by Crippen LogP contribution is -2.56. The Balaban J connectivity index is 2.66. The average Bonchev–Trinajstić information content (AvgIpc) is 2.50. The van der Waals surface area contributed by atoms with Gasteiger partial charge in [0.15, 0.2) is 0 Å². The minimum atomic E-state index is 0.307. The molecule has 0 radical (unpaired) electrons. The van der Waals surface area contributed by atoms with Crippen LogP contribution in [0.15, 0.2) is 0 Å². The quantitative estimate of drug-likeness (QED) is 0.678. The topological polar surface area (TPSA) is 29.3 Å². The highest BCUT2D eigenvalue weighted by atomic mass is 15.2. The number of hydrogen-bond donors (Lipinski definition) is 1. The van der Waals surface area contributed by atoms with Crippen LogP contribution in [0.3, 0.4) is 0 Å². The number of likely N-dealkylation sites (N-methyl/N-ethyl adjacent to an activating group) is 1. The molecule has 0 bridgehead atoms. The summed E-state index contributed by atoms with van der Waals surface area (Å²) in [6.07, 6.45) is 10.8. The van der Waals surface area contributed by atoms with Gasteiger partial charge in [0.1, 0.15) is 0 Å². The molecule has 1 fully saturated rings. The SMILES string of the molecule is CCCC1CCC(CN)(N(CC)CC(CC)CC)CC1. The van der Waals surface area contributed by atoms with Crippen LogP contribution in [0.1, 0.15) is 79.1 Å². The van der Waals surface area contributed by atoms with Crippen LogP contribution in [0, 0.1) is 11.8 Å². The van der Waals surface area contributed by atoms with Crippen LogP contribution in [0.2, 0.25) is 0 Å². The molecule has 1 rings (SSSR count). The Bertz CT molecular complexity index is 240. The minimum Gasteiger partial charge on any atom is -0.329 e. The summed E-state index contributed by atoms with van der Waals surface area (Å²) in [5.41, 5.74) is 6.56. The van der Waals surface area contributed by atoms with Crippen molar-refractivity contribution in [2.75, 3.05) is 19.6 Å². The average molecular weight is 283 g/mol. The van der Waals surface area contributed by atoms with Gasteiger partial charge in [-0.3, -0.25) is 4.90 Å². The molecular weight excluding hydrogens is 244 g/mol. The Labute approximate surface area is 127 Å². The first kappa shape index (κ1) is 18.0. The van der Waals surface area contributed by atoms with Gasteiger partial charge in [-0.2, -0.15) is 0 Å². The van der Waals surface area contributed by atoms with Gasteiger partial charge >= 0.3 is 0 Å². The molecule has 2 N–H and O–H groups in total. The number of rotatable bonds is 9. The molecule has 0 saturated heterocycles. The predicted molar refractivity (Wildman–Crippen MR) is 90.0 cm³/mol. The highest BCUT2D eigenvalue weighted by molar-refractivity contribution is 4.96. The monoisotopic (exact) mass is 282 g/mol. The van der Waals surface area contributed by atoms with Gasteiger partial charge in [-0.25, -0.2) is 0 Å². The number of hydrogen-bond acceptors (Lipinski definition) is 2. The van der Waals surface area contributed by atoms with Crippen LogP contribution in [-0.2, 0) is 0 Å². The van der Waals surface area contributed by atoms with E-state index in [0.29, 0.717) is 5.54 Å². The van der Waals surface area contributed by atoms with Gasteiger partial charge in [0, 0.05) is 18.6 Å². The Hall–Kier alpha value is -0.0800. The summed E-state index contributed by atoms with van der Waals surface area (Å²) in [7, 11) is 0. The van der Waals surface area contributed by atoms with Gasteiger partial charge in [-0.05, 0) is 44.1 Å². The molecule has 0 aromatic rings. The van der Waals surface area contributed by atoms with Crippen molar-refractivity contribution in [1.29, 1.82) is 0 Å². The molecule has 1 aliphatic carbocycles. The van der Waals surface area contributed by atoms with Crippen LogP contribution in [-0.4, -0.2) is 30.1 Å². The van der Waals surface area contributed by atoms with Crippen LogP contribution in [0.5, 0.6) is 0 Å². The highest BCUT2D eigenvalue weighted by Gasteiger charge is 2.38. The molecule has 0 spiro atoms. The molecule has 0 atom stereocenters. The normalized spacial score (nSPS) is 27.4. The summed E-state index contributed by atoms with van der Waals surface area (Å²) in [5.74, 6) is 1.80. The van der Waals surface area contributed by atoms with Gasteiger partial charge in [-0.1, -0.05) is 53.4 Å². The summed E-state index contributed by atoms with van der Waals surface area (Å²) >= 11 is 0. The van der Waals surface area contributed by atoms with Gasteiger partial charge in [-0.15, -0.1) is 0 Å². The van der Waals surface area contributed by atoms with Crippen LogP contribution in [0.25, 0.3) is 0 Å². The molecule has 0 aliphatic heterocycles. The van der Waals surface area contributed by atoms with Crippen molar-refractivity contribution in [3.05, 3.63) is 0 Å². The second kappa shape index (κ2) is 9.04. The molecule has 1 saturated carbocycles. The van der Waals surface area contributed by atoms with E-state index >= 15 is 0 Å². The third kappa shape index (κ3) is 4.46. The van der Waals surface area contributed by atoms with Gasteiger partial charge in [0.2, 0.25) is 0 Å². The zero-order valence-electron chi connectivity index (χ0n) is 14.5. The van der Waals surface area contributed by atoms with Crippen LogP contribution >= 0.6 is 0 Å². The fourth-order valence-corrected chi connectivity index (χ4v) is 4.08. The molecular formula is C18H38N2. The minimum absolute atomic E-state index is 0.307. The van der Waals surface area contributed by atoms with E-state index in [1.165, 1.54) is 57.9 Å². The first-order valence-corrected chi connectivity index (χ1v) is 9.10. The first-order chi connectivity index (χ1) is 9.65. The van der Waals surface area contributed by atoms with E-state index in [2.05, 4.69) is 32.6 Å². The van der Waals surface area contributed by atoms with Crippen molar-refractivity contribution in [2.45, 2.75) is 84.6 Å². The molecule has 0 heterocycles. The Kier molecular flexibility index (Phi) is 8.13. The molecule has 0 aromatic heterocycles. The largest absolute Gasteiger partial charge is 0.329 e. The molecule has 0 unspecified atom stereocenters. The van der Waals surface area contributed by atoms with Crippen molar-refractivity contribution < 1.29 is 0 Å². The fourth-order valence-electron chi connectivity index (χ4n) is 4.08. The summed E-state index contributed by atoms with van der Waals surface area (Å²) in [4.78, 5) is 2.73. The summed E-state index contributed by atoms with van der Waals surface area (Å²) in [6.45, 7) is 12.5. The summed E-state index contributed by atoms with van der Waals surface area (Å²) < 4.78 is 0. The first-order valence-electron chi connectivity index (χ1n) is 9.10. The van der Waals surface area contributed by atoms with E-state index in [1.54, 1.807) is 0 Å². The second-order valence-electron chi connectivity index (χ2n) is 6.88. The highest BCUT2D eigenvalue weighted by Crippen LogP contribution is 2.38. The van der Waals surface area contributed by atoms with Crippen molar-refractivity contribution in [3.63, 3.8) is 0 Å². The zero-order chi connectivity index (χ0) is 15.0. The number of nitrogens with zero attached hydrogens (tertiary/aromatic N) is 1. The maximum Gasteiger partial charge on any atom is 0.0331 e. The lowest BCUT2D eigenvalue weighted by atomic mass is 9.73. The molecule has 0 amide bonds. The zero-order valence-corrected chi connectivity index (χ0v) is 14.5. The van der Waals surface area contributed by atoms with Gasteiger partial charge in [0.25, 0.3) is 0 Å². The molecule has 120 valence electrons. The smallest absolute Gasteiger partial charge is 0.0331 e. The maximum absolute atomic E-state index is 6.25. The van der Waals surface area contributed by atoms with E-state index in [-0.39, 0.29) is 0 Å². The standard InChI is InChI=1S/C18H38N2/c1-5-9-17-10-12-18(15-19,13-11-17)20(8-4)14-16(6-2)7-3/h16-17H,5-15,19H2,1-4H3. The Morgan fingerprint density at radius 1 is 1.10 bits per heavy atom. The third-order valence-corrected chi connectivity index (χ3v) is 5.80. The van der Waals surface area contributed by atoms with Crippen LogP contribution in [0.4, 0.5) is 0 Å². The maximum atomic E-state index is 6.25. The van der Waals surface area contributed by atoms with Gasteiger partial charge < -0.3 is 5.73 Å². The number of nitrogens with two attached hydrogens (primary N) is 1. The molecule has 20 heavy (non-hydrogen) atoms. The van der Waals surface area contributed by atoms with E-state index < -0.39 is 0 Å². The van der Waals surface area contributed by atoms with Crippen molar-refractivity contribution in [2.24, 2.45) is 17.6 Å². The molecule has 1 aliphatic rings. The van der Waals surface area contributed by atoms with E-state index in [9.17, 15) is 0 Å². The molecule has 0 aromatic carbocycles.